The van der Waals surface area contributed by atoms with Gasteiger partial charge in [0.2, 0.25) is 0 Å². The van der Waals surface area contributed by atoms with Gasteiger partial charge >= 0.3 is 0 Å². The third-order valence-corrected chi connectivity index (χ3v) is 7.77. The molecule has 0 bridgehead atoms. The molecular weight excluding hydrogens is 464 g/mol. The molecule has 3 aromatic rings. The number of piperazine rings is 1. The van der Waals surface area contributed by atoms with Gasteiger partial charge in [0.25, 0.3) is 0 Å². The summed E-state index contributed by atoms with van der Waals surface area (Å²) in [5.74, 6) is 2.03. The lowest BCUT2D eigenvalue weighted by Crippen LogP contribution is -2.47. The number of para-hydroxylation sites is 1. The first-order valence-corrected chi connectivity index (χ1v) is 13.2. The molecule has 2 aliphatic heterocycles. The average molecular weight is 503 g/mol. The SMILES string of the molecule is COc1ccc(C2C(C)NNC2c2ccc(OCCN3CCN(c4ccccc4)CC3)c(C)c2O)cc1. The predicted molar refractivity (Wildman–Crippen MR) is 148 cm³/mol. The fourth-order valence-corrected chi connectivity index (χ4v) is 5.53. The van der Waals surface area contributed by atoms with Crippen LogP contribution in [0.4, 0.5) is 5.69 Å². The first-order chi connectivity index (χ1) is 18.0. The Kier molecular flexibility index (Phi) is 7.84. The van der Waals surface area contributed by atoms with Crippen LogP contribution in [0.3, 0.4) is 0 Å². The second-order valence-electron chi connectivity index (χ2n) is 9.99. The van der Waals surface area contributed by atoms with E-state index in [0.29, 0.717) is 12.4 Å². The quantitative estimate of drug-likeness (QED) is 0.426. The Morgan fingerprint density at radius 3 is 2.35 bits per heavy atom. The third kappa shape index (κ3) is 5.54. The summed E-state index contributed by atoms with van der Waals surface area (Å²) < 4.78 is 11.5. The van der Waals surface area contributed by atoms with E-state index in [1.54, 1.807) is 7.11 Å². The molecule has 5 rings (SSSR count). The fourth-order valence-electron chi connectivity index (χ4n) is 5.53. The molecule has 7 heteroatoms. The highest BCUT2D eigenvalue weighted by Crippen LogP contribution is 2.43. The normalized spacial score (nSPS) is 22.2. The largest absolute Gasteiger partial charge is 0.507 e. The number of nitrogens with one attached hydrogen (secondary N) is 2. The number of hydrogen-bond donors (Lipinski definition) is 3. The molecule has 2 fully saturated rings. The Hall–Kier alpha value is -3.26. The van der Waals surface area contributed by atoms with Crippen molar-refractivity contribution in [3.63, 3.8) is 0 Å². The van der Waals surface area contributed by atoms with Crippen molar-refractivity contribution in [3.8, 4) is 17.2 Å². The Balaban J connectivity index is 1.19. The third-order valence-electron chi connectivity index (χ3n) is 7.77. The van der Waals surface area contributed by atoms with Gasteiger partial charge in [0.15, 0.2) is 0 Å². The van der Waals surface area contributed by atoms with Gasteiger partial charge in [-0.15, -0.1) is 0 Å². The fraction of sp³-hybridized carbons (Fsp3) is 0.400. The van der Waals surface area contributed by atoms with E-state index in [-0.39, 0.29) is 18.0 Å². The molecule has 0 saturated carbocycles. The van der Waals surface area contributed by atoms with Gasteiger partial charge in [-0.25, -0.2) is 5.43 Å². The van der Waals surface area contributed by atoms with Crippen LogP contribution in [0.25, 0.3) is 0 Å². The molecule has 0 amide bonds. The summed E-state index contributed by atoms with van der Waals surface area (Å²) in [6, 6.07) is 22.9. The van der Waals surface area contributed by atoms with Crippen molar-refractivity contribution in [1.82, 2.24) is 15.8 Å². The number of phenolic OH excluding ortho intramolecular Hbond substituents is 1. The Bertz CT molecular complexity index is 1160. The van der Waals surface area contributed by atoms with Crippen molar-refractivity contribution in [2.45, 2.75) is 31.8 Å². The van der Waals surface area contributed by atoms with Gasteiger partial charge in [0, 0.05) is 61.5 Å². The highest BCUT2D eigenvalue weighted by molar-refractivity contribution is 5.51. The lowest BCUT2D eigenvalue weighted by Gasteiger charge is -2.36. The maximum atomic E-state index is 11.2. The number of phenols is 1. The van der Waals surface area contributed by atoms with Crippen LogP contribution in [0.1, 0.15) is 35.6 Å². The van der Waals surface area contributed by atoms with Crippen LogP contribution in [0.5, 0.6) is 17.2 Å². The van der Waals surface area contributed by atoms with Crippen LogP contribution in [-0.2, 0) is 0 Å². The van der Waals surface area contributed by atoms with E-state index in [4.69, 9.17) is 9.47 Å². The van der Waals surface area contributed by atoms with Crippen LogP contribution in [0.2, 0.25) is 0 Å². The van der Waals surface area contributed by atoms with Crippen LogP contribution < -0.4 is 25.2 Å². The molecule has 2 saturated heterocycles. The number of aromatic hydroxyl groups is 1. The van der Waals surface area contributed by atoms with Gasteiger partial charge in [-0.1, -0.05) is 30.3 Å². The van der Waals surface area contributed by atoms with Crippen molar-refractivity contribution in [3.05, 3.63) is 83.4 Å². The predicted octanol–water partition coefficient (Wildman–Crippen LogP) is 4.23. The number of hydrogen-bond acceptors (Lipinski definition) is 7. The van der Waals surface area contributed by atoms with Crippen molar-refractivity contribution in [2.24, 2.45) is 0 Å². The van der Waals surface area contributed by atoms with Gasteiger partial charge in [-0.3, -0.25) is 10.3 Å². The lowest BCUT2D eigenvalue weighted by atomic mass is 9.83. The van der Waals surface area contributed by atoms with Crippen LogP contribution in [-0.4, -0.2) is 62.5 Å². The molecule has 3 aromatic carbocycles. The minimum absolute atomic E-state index is 0.0583. The first-order valence-electron chi connectivity index (χ1n) is 13.2. The summed E-state index contributed by atoms with van der Waals surface area (Å²) in [5, 5.41) is 11.2. The molecule has 2 aliphatic rings. The monoisotopic (exact) mass is 502 g/mol. The zero-order valence-electron chi connectivity index (χ0n) is 22.0. The molecule has 196 valence electrons. The molecule has 0 spiro atoms. The van der Waals surface area contributed by atoms with Gasteiger partial charge < -0.3 is 19.5 Å². The van der Waals surface area contributed by atoms with Gasteiger partial charge in [-0.2, -0.15) is 0 Å². The summed E-state index contributed by atoms with van der Waals surface area (Å²) in [6.45, 7) is 9.64. The second-order valence-corrected chi connectivity index (χ2v) is 9.99. The van der Waals surface area contributed by atoms with Crippen LogP contribution in [0.15, 0.2) is 66.7 Å². The molecule has 3 atom stereocenters. The van der Waals surface area contributed by atoms with Crippen molar-refractivity contribution >= 4 is 5.69 Å². The van der Waals surface area contributed by atoms with Gasteiger partial charge in [-0.05, 0) is 55.8 Å². The lowest BCUT2D eigenvalue weighted by molar-refractivity contribution is 0.199. The van der Waals surface area contributed by atoms with Crippen molar-refractivity contribution in [2.75, 3.05) is 51.3 Å². The molecule has 3 N–H and O–H groups in total. The van der Waals surface area contributed by atoms with E-state index in [0.717, 1.165) is 55.3 Å². The van der Waals surface area contributed by atoms with E-state index >= 15 is 0 Å². The van der Waals surface area contributed by atoms with Gasteiger partial charge in [0.05, 0.1) is 13.2 Å². The van der Waals surface area contributed by atoms with E-state index in [9.17, 15) is 5.11 Å². The van der Waals surface area contributed by atoms with Crippen LogP contribution in [0, 0.1) is 6.92 Å². The number of methoxy groups -OCH3 is 1. The second kappa shape index (κ2) is 11.4. The summed E-state index contributed by atoms with van der Waals surface area (Å²) in [6.07, 6.45) is 0. The number of benzene rings is 3. The smallest absolute Gasteiger partial charge is 0.127 e. The highest BCUT2D eigenvalue weighted by Gasteiger charge is 2.37. The Morgan fingerprint density at radius 2 is 1.65 bits per heavy atom. The van der Waals surface area contributed by atoms with E-state index in [1.807, 2.05) is 31.2 Å². The molecule has 0 aliphatic carbocycles. The summed E-state index contributed by atoms with van der Waals surface area (Å²) in [5.41, 5.74) is 10.9. The average Bonchev–Trinajstić information content (AvgIpc) is 3.33. The molecule has 37 heavy (non-hydrogen) atoms. The highest BCUT2D eigenvalue weighted by atomic mass is 16.5. The molecule has 7 nitrogen and oxygen atoms in total. The zero-order chi connectivity index (χ0) is 25.8. The minimum Gasteiger partial charge on any atom is -0.507 e. The zero-order valence-corrected chi connectivity index (χ0v) is 22.0. The number of nitrogens with zero attached hydrogens (tertiary/aromatic N) is 2. The van der Waals surface area contributed by atoms with Crippen molar-refractivity contribution in [1.29, 1.82) is 0 Å². The molecular formula is C30H38N4O3. The topological polar surface area (TPSA) is 69.2 Å². The number of ether oxygens (including phenoxy) is 2. The van der Waals surface area contributed by atoms with E-state index in [1.165, 1.54) is 11.3 Å². The van der Waals surface area contributed by atoms with Gasteiger partial charge in [0.1, 0.15) is 23.9 Å². The Morgan fingerprint density at radius 1 is 0.919 bits per heavy atom. The Labute approximate surface area is 220 Å². The summed E-state index contributed by atoms with van der Waals surface area (Å²) >= 11 is 0. The van der Waals surface area contributed by atoms with E-state index < -0.39 is 0 Å². The summed E-state index contributed by atoms with van der Waals surface area (Å²) in [4.78, 5) is 4.88. The molecule has 3 unspecified atom stereocenters. The number of anilines is 1. The first kappa shape index (κ1) is 25.4. The minimum atomic E-state index is -0.0583. The standard InChI is InChI=1S/C30H38N4O3/c1-21-27(37-20-19-33-15-17-34(18-16-33)24-7-5-4-6-8-24)14-13-26(30(21)35)29-28(22(2)31-32-29)23-9-11-25(36-3)12-10-23/h4-14,22,28-29,31-32,35H,15-20H2,1-3H3. The van der Waals surface area contributed by atoms with Crippen LogP contribution >= 0.6 is 0 Å². The maximum absolute atomic E-state index is 11.2. The summed E-state index contributed by atoms with van der Waals surface area (Å²) in [7, 11) is 1.68. The maximum Gasteiger partial charge on any atom is 0.127 e. The van der Waals surface area contributed by atoms with E-state index in [2.05, 4.69) is 70.0 Å². The molecule has 0 radical (unpaired) electrons. The number of rotatable bonds is 8. The molecule has 2 heterocycles. The molecule has 0 aromatic heterocycles. The number of hydrazine groups is 1. The van der Waals surface area contributed by atoms with Crippen molar-refractivity contribution < 1.29 is 14.6 Å².